The first kappa shape index (κ1) is 18.4. The highest BCUT2D eigenvalue weighted by Gasteiger charge is 2.29. The molecule has 118 valence electrons. The van der Waals surface area contributed by atoms with Crippen LogP contribution in [0.2, 0.25) is 5.02 Å². The lowest BCUT2D eigenvalue weighted by Crippen LogP contribution is -2.25. The maximum absolute atomic E-state index is 6.09. The van der Waals surface area contributed by atoms with Crippen LogP contribution in [0.4, 0.5) is 0 Å². The van der Waals surface area contributed by atoms with E-state index in [1.54, 1.807) is 6.26 Å². The molecule has 0 radical (unpaired) electrons. The van der Waals surface area contributed by atoms with Crippen LogP contribution < -0.4 is 0 Å². The molecule has 0 spiro atoms. The molecule has 0 N–H and O–H groups in total. The Morgan fingerprint density at radius 1 is 0.955 bits per heavy atom. The zero-order chi connectivity index (χ0) is 15.3. The van der Waals surface area contributed by atoms with E-state index in [0.29, 0.717) is 0 Å². The van der Waals surface area contributed by atoms with Crippen LogP contribution in [0.15, 0.2) is 67.1 Å². The maximum Gasteiger partial charge on any atom is 0.155 e. The number of benzene rings is 2. The van der Waals surface area contributed by atoms with Crippen LogP contribution in [0, 0.1) is 0 Å². The number of ether oxygens (including phenoxy) is 1. The highest BCUT2D eigenvalue weighted by molar-refractivity contribution is 6.30. The van der Waals surface area contributed by atoms with Crippen molar-refractivity contribution in [2.75, 3.05) is 14.1 Å². The highest BCUT2D eigenvalue weighted by atomic mass is 35.5. The molecule has 0 aromatic heterocycles. The fourth-order valence-corrected chi connectivity index (χ4v) is 2.24. The number of rotatable bonds is 5. The van der Waals surface area contributed by atoms with Gasteiger partial charge in [0.1, 0.15) is 6.26 Å². The number of hydrogen-bond donors (Lipinski definition) is 0. The fourth-order valence-electron chi connectivity index (χ4n) is 2.12. The second-order valence-electron chi connectivity index (χ2n) is 5.27. The van der Waals surface area contributed by atoms with Crippen molar-refractivity contribution < 1.29 is 4.74 Å². The van der Waals surface area contributed by atoms with Gasteiger partial charge in [-0.1, -0.05) is 54.1 Å². The van der Waals surface area contributed by atoms with Crippen molar-refractivity contribution in [2.45, 2.75) is 12.5 Å². The minimum absolute atomic E-state index is 0. The summed E-state index contributed by atoms with van der Waals surface area (Å²) >= 11 is 5.99. The molecule has 4 heteroatoms. The average molecular weight is 338 g/mol. The summed E-state index contributed by atoms with van der Waals surface area (Å²) in [5, 5.41) is 0.720. The Morgan fingerprint density at radius 2 is 1.50 bits per heavy atom. The lowest BCUT2D eigenvalue weighted by Gasteiger charge is -2.30. The summed E-state index contributed by atoms with van der Waals surface area (Å²) in [6.45, 7) is 2.06. The molecule has 0 bridgehead atoms. The maximum atomic E-state index is 6.09. The van der Waals surface area contributed by atoms with Gasteiger partial charge in [0.25, 0.3) is 0 Å². The van der Waals surface area contributed by atoms with Crippen molar-refractivity contribution in [1.82, 2.24) is 4.90 Å². The van der Waals surface area contributed by atoms with Crippen LogP contribution in [-0.4, -0.2) is 19.0 Å². The Kier molecular flexibility index (Phi) is 6.79. The third-order valence-electron chi connectivity index (χ3n) is 3.38. The van der Waals surface area contributed by atoms with Crippen LogP contribution in [0.25, 0.3) is 0 Å². The molecule has 2 aromatic rings. The van der Waals surface area contributed by atoms with Gasteiger partial charge in [-0.2, -0.15) is 0 Å². The Balaban J connectivity index is 0.00000242. The zero-order valence-corrected chi connectivity index (χ0v) is 14.6. The van der Waals surface area contributed by atoms with E-state index in [0.717, 1.165) is 16.1 Å². The molecule has 0 aliphatic rings. The molecule has 0 saturated carbocycles. The lowest BCUT2D eigenvalue weighted by molar-refractivity contribution is 0.0746. The van der Waals surface area contributed by atoms with Crippen LogP contribution in [0.3, 0.4) is 0 Å². The monoisotopic (exact) mass is 337 g/mol. The third kappa shape index (κ3) is 4.43. The Bertz CT molecular complexity index is 596. The van der Waals surface area contributed by atoms with Crippen LogP contribution in [0.1, 0.15) is 18.1 Å². The summed E-state index contributed by atoms with van der Waals surface area (Å²) < 4.78 is 6.09. The summed E-state index contributed by atoms with van der Waals surface area (Å²) in [7, 11) is 3.92. The van der Waals surface area contributed by atoms with Crippen molar-refractivity contribution in [3.63, 3.8) is 0 Å². The Labute approximate surface area is 143 Å². The smallest absolute Gasteiger partial charge is 0.155 e. The quantitative estimate of drug-likeness (QED) is 0.706. The number of nitrogens with zero attached hydrogens (tertiary/aromatic N) is 1. The van der Waals surface area contributed by atoms with Gasteiger partial charge >= 0.3 is 0 Å². The van der Waals surface area contributed by atoms with Gasteiger partial charge in [0.15, 0.2) is 5.60 Å². The average Bonchev–Trinajstić information content (AvgIpc) is 2.48. The van der Waals surface area contributed by atoms with Gasteiger partial charge in [-0.3, -0.25) is 0 Å². The van der Waals surface area contributed by atoms with Crippen molar-refractivity contribution in [3.8, 4) is 0 Å². The number of hydrogen-bond acceptors (Lipinski definition) is 2. The molecular formula is C18H21Cl2NO. The standard InChI is InChI=1S/C18H20ClNO.ClH/c1-18(21-14-13-20(2)3,15-7-5-4-6-8-15)16-9-11-17(19)12-10-16;/h4-14H,1-3H3;1H/b14-13+;. The molecule has 1 unspecified atom stereocenters. The Morgan fingerprint density at radius 3 is 2.05 bits per heavy atom. The minimum atomic E-state index is -0.557. The molecule has 2 aromatic carbocycles. The van der Waals surface area contributed by atoms with Gasteiger partial charge in [0, 0.05) is 25.3 Å². The SMILES string of the molecule is CN(C)/C=C/OC(C)(c1ccccc1)c1ccc(Cl)cc1.Cl. The van der Waals surface area contributed by atoms with Gasteiger partial charge in [-0.25, -0.2) is 0 Å². The summed E-state index contributed by atoms with van der Waals surface area (Å²) in [6, 6.07) is 17.9. The first-order valence-corrected chi connectivity index (χ1v) is 7.22. The van der Waals surface area contributed by atoms with E-state index in [2.05, 4.69) is 19.1 Å². The van der Waals surface area contributed by atoms with Gasteiger partial charge < -0.3 is 9.64 Å². The normalized spacial score (nSPS) is 13.3. The predicted octanol–water partition coefficient (Wildman–Crippen LogP) is 5.07. The molecule has 0 heterocycles. The lowest BCUT2D eigenvalue weighted by atomic mass is 9.88. The molecule has 0 aliphatic carbocycles. The largest absolute Gasteiger partial charge is 0.484 e. The molecule has 2 nitrogen and oxygen atoms in total. The van der Waals surface area contributed by atoms with E-state index in [-0.39, 0.29) is 12.4 Å². The molecule has 2 rings (SSSR count). The van der Waals surface area contributed by atoms with E-state index in [1.165, 1.54) is 0 Å². The van der Waals surface area contributed by atoms with E-state index < -0.39 is 5.60 Å². The van der Waals surface area contributed by atoms with Crippen LogP contribution in [0.5, 0.6) is 0 Å². The molecule has 22 heavy (non-hydrogen) atoms. The van der Waals surface area contributed by atoms with Gasteiger partial charge in [-0.15, -0.1) is 12.4 Å². The van der Waals surface area contributed by atoms with Crippen molar-refractivity contribution >= 4 is 24.0 Å². The van der Waals surface area contributed by atoms with Crippen molar-refractivity contribution in [2.24, 2.45) is 0 Å². The minimum Gasteiger partial charge on any atom is -0.484 e. The van der Waals surface area contributed by atoms with E-state index in [1.807, 2.05) is 67.7 Å². The Hall–Kier alpha value is -1.64. The molecule has 0 saturated heterocycles. The van der Waals surface area contributed by atoms with E-state index >= 15 is 0 Å². The molecule has 0 amide bonds. The predicted molar refractivity (Wildman–Crippen MR) is 95.5 cm³/mol. The number of halogens is 2. The summed E-state index contributed by atoms with van der Waals surface area (Å²) in [6.07, 6.45) is 3.61. The van der Waals surface area contributed by atoms with Crippen molar-refractivity contribution in [1.29, 1.82) is 0 Å². The summed E-state index contributed by atoms with van der Waals surface area (Å²) in [5.41, 5.74) is 1.59. The second kappa shape index (κ2) is 8.11. The van der Waals surface area contributed by atoms with Crippen molar-refractivity contribution in [3.05, 3.63) is 83.2 Å². The topological polar surface area (TPSA) is 12.5 Å². The zero-order valence-electron chi connectivity index (χ0n) is 13.0. The van der Waals surface area contributed by atoms with Crippen LogP contribution >= 0.6 is 24.0 Å². The second-order valence-corrected chi connectivity index (χ2v) is 5.71. The van der Waals surface area contributed by atoms with E-state index in [4.69, 9.17) is 16.3 Å². The molecular weight excluding hydrogens is 317 g/mol. The van der Waals surface area contributed by atoms with Gasteiger partial charge in [-0.05, 0) is 30.2 Å². The van der Waals surface area contributed by atoms with Gasteiger partial charge in [0.05, 0.1) is 0 Å². The summed E-state index contributed by atoms with van der Waals surface area (Å²) in [4.78, 5) is 1.94. The van der Waals surface area contributed by atoms with E-state index in [9.17, 15) is 0 Å². The summed E-state index contributed by atoms with van der Waals surface area (Å²) in [5.74, 6) is 0. The third-order valence-corrected chi connectivity index (χ3v) is 3.63. The van der Waals surface area contributed by atoms with Crippen LogP contribution in [-0.2, 0) is 10.3 Å². The first-order valence-electron chi connectivity index (χ1n) is 6.85. The fraction of sp³-hybridized carbons (Fsp3) is 0.222. The molecule has 1 atom stereocenters. The molecule has 0 fully saturated rings. The molecule has 0 aliphatic heterocycles. The first-order chi connectivity index (χ1) is 10.0. The van der Waals surface area contributed by atoms with Gasteiger partial charge in [0.2, 0.25) is 0 Å². The highest BCUT2D eigenvalue weighted by Crippen LogP contribution is 2.34.